The summed E-state index contributed by atoms with van der Waals surface area (Å²) in [6.45, 7) is 45.3. The topological polar surface area (TPSA) is 0 Å². The molecule has 1 fully saturated rings. The minimum atomic E-state index is 0.866. The van der Waals surface area contributed by atoms with Gasteiger partial charge in [0.15, 0.2) is 0 Å². The van der Waals surface area contributed by atoms with E-state index in [1.165, 1.54) is 128 Å². The number of rotatable bonds is 17. The molecule has 0 heteroatoms. The van der Waals surface area contributed by atoms with Gasteiger partial charge in [-0.15, -0.1) is 0 Å². The van der Waals surface area contributed by atoms with Crippen LogP contribution < -0.4 is 0 Å². The van der Waals surface area contributed by atoms with Gasteiger partial charge in [-0.25, -0.2) is 0 Å². The molecule has 300 valence electrons. The van der Waals surface area contributed by atoms with Crippen molar-refractivity contribution in [3.63, 3.8) is 0 Å². The van der Waals surface area contributed by atoms with E-state index in [4.69, 9.17) is 0 Å². The highest BCUT2D eigenvalue weighted by Gasteiger charge is 2.07. The maximum absolute atomic E-state index is 2.34. The molecule has 1 aliphatic rings. The van der Waals surface area contributed by atoms with Crippen LogP contribution in [0.15, 0.2) is 0 Å². The van der Waals surface area contributed by atoms with Crippen LogP contribution in [0.5, 0.6) is 0 Å². The summed E-state index contributed by atoms with van der Waals surface area (Å²) in [6, 6.07) is 0. The zero-order valence-corrected chi connectivity index (χ0v) is 38.8. The van der Waals surface area contributed by atoms with E-state index in [0.717, 1.165) is 47.3 Å². The fourth-order valence-electron chi connectivity index (χ4n) is 5.14. The van der Waals surface area contributed by atoms with E-state index in [9.17, 15) is 0 Å². The van der Waals surface area contributed by atoms with Crippen LogP contribution in [0.25, 0.3) is 0 Å². The van der Waals surface area contributed by atoms with Crippen molar-refractivity contribution < 1.29 is 0 Å². The van der Waals surface area contributed by atoms with Gasteiger partial charge in [0.1, 0.15) is 0 Å². The lowest BCUT2D eigenvalue weighted by Gasteiger charge is -2.10. The average molecular weight is 685 g/mol. The van der Waals surface area contributed by atoms with Gasteiger partial charge in [-0.05, 0) is 53.8 Å². The highest BCUT2D eigenvalue weighted by molar-refractivity contribution is 4.60. The molecule has 48 heavy (non-hydrogen) atoms. The Morgan fingerprint density at radius 3 is 0.896 bits per heavy atom. The van der Waals surface area contributed by atoms with Crippen LogP contribution in [0, 0.1) is 47.3 Å². The van der Waals surface area contributed by atoms with Gasteiger partial charge in [0, 0.05) is 0 Å². The first-order valence-corrected chi connectivity index (χ1v) is 22.5. The molecule has 0 aromatic rings. The second-order valence-electron chi connectivity index (χ2n) is 17.5. The maximum Gasteiger partial charge on any atom is -0.0422 e. The number of hydrogen-bond donors (Lipinski definition) is 0. The lowest BCUT2D eigenvalue weighted by Crippen LogP contribution is -2.00. The molecule has 0 nitrogen and oxygen atoms in total. The van der Waals surface area contributed by atoms with Crippen molar-refractivity contribution in [2.45, 2.75) is 267 Å². The van der Waals surface area contributed by atoms with E-state index in [1.54, 1.807) is 0 Å². The normalized spacial score (nSPS) is 13.4. The molecule has 2 atom stereocenters. The largest absolute Gasteiger partial charge is 0.0654 e. The molecule has 1 rings (SSSR count). The highest BCUT2D eigenvalue weighted by atomic mass is 14.1. The van der Waals surface area contributed by atoms with Gasteiger partial charge >= 0.3 is 0 Å². The summed E-state index contributed by atoms with van der Waals surface area (Å²) in [4.78, 5) is 0. The molecule has 0 bridgehead atoms. The van der Waals surface area contributed by atoms with Gasteiger partial charge in [0.2, 0.25) is 0 Å². The van der Waals surface area contributed by atoms with E-state index >= 15 is 0 Å². The third kappa shape index (κ3) is 80.6. The van der Waals surface area contributed by atoms with Crippen molar-refractivity contribution in [2.24, 2.45) is 47.3 Å². The van der Waals surface area contributed by atoms with Crippen molar-refractivity contribution >= 4 is 0 Å². The minimum absolute atomic E-state index is 0.866. The predicted octanol–water partition coefficient (Wildman–Crippen LogP) is 19.0. The molecule has 0 aliphatic heterocycles. The third-order valence-electron chi connectivity index (χ3n) is 9.32. The van der Waals surface area contributed by atoms with Crippen LogP contribution in [-0.2, 0) is 0 Å². The van der Waals surface area contributed by atoms with Gasteiger partial charge in [-0.3, -0.25) is 0 Å². The lowest BCUT2D eigenvalue weighted by atomic mass is 9.96. The van der Waals surface area contributed by atoms with Crippen molar-refractivity contribution in [3.8, 4) is 0 Å². The standard InChI is InChI=1S/6C7H16.C6H12/c1-6(2)5-7(3)4;1-5-7(4)6(2)3;2*1-4-5-6-7(2)3;1-4-6-7(3)5-2;1-3-5-7-6-4-2;1-6-4-2-3-5-6/h2*6-7H,5H2,1-4H3;3*7H,4-6H2,1-3H3;3-7H2,1-2H3;6H,2-5H2,1H3/t;7-;;;7-;;/m.0..1../s1. The van der Waals surface area contributed by atoms with Crippen LogP contribution in [0.2, 0.25) is 0 Å². The van der Waals surface area contributed by atoms with Gasteiger partial charge in [0.05, 0.1) is 0 Å². The van der Waals surface area contributed by atoms with Crippen LogP contribution in [0.4, 0.5) is 0 Å². The Balaban J connectivity index is -0.000000107. The summed E-state index contributed by atoms with van der Waals surface area (Å²) in [5, 5.41) is 0. The molecule has 0 unspecified atom stereocenters. The third-order valence-corrected chi connectivity index (χ3v) is 9.32. The minimum Gasteiger partial charge on any atom is -0.0654 e. The second kappa shape index (κ2) is 51.4. The SMILES string of the molecule is CC(C)CC(C)C.CC1CCCC1.CCCCC(C)C.CCCCC(C)C.CCCCCCC.CCC[C@H](C)CC.CC[C@H](C)C(C)C. The summed E-state index contributed by atoms with van der Waals surface area (Å²) < 4.78 is 0. The van der Waals surface area contributed by atoms with Crippen molar-refractivity contribution in [3.05, 3.63) is 0 Å². The van der Waals surface area contributed by atoms with Gasteiger partial charge < -0.3 is 0 Å². The molecular weight excluding hydrogens is 577 g/mol. The molecule has 0 aromatic carbocycles. The van der Waals surface area contributed by atoms with Gasteiger partial charge in [-0.1, -0.05) is 260 Å². The molecule has 0 amide bonds. The molecule has 0 spiro atoms. The molecule has 0 N–H and O–H groups in total. The summed E-state index contributed by atoms with van der Waals surface area (Å²) in [7, 11) is 0. The van der Waals surface area contributed by atoms with Crippen LogP contribution >= 0.6 is 0 Å². The summed E-state index contributed by atoms with van der Waals surface area (Å²) in [6.07, 6.45) is 28.0. The second-order valence-corrected chi connectivity index (χ2v) is 17.5. The Morgan fingerprint density at radius 2 is 0.792 bits per heavy atom. The van der Waals surface area contributed by atoms with Crippen molar-refractivity contribution in [1.82, 2.24) is 0 Å². The number of unbranched alkanes of at least 4 members (excludes halogenated alkanes) is 6. The summed E-state index contributed by atoms with van der Waals surface area (Å²) >= 11 is 0. The molecule has 1 aliphatic carbocycles. The first-order valence-electron chi connectivity index (χ1n) is 22.5. The average Bonchev–Trinajstić information content (AvgIpc) is 3.50. The maximum atomic E-state index is 2.34. The van der Waals surface area contributed by atoms with Crippen LogP contribution in [0.3, 0.4) is 0 Å². The first kappa shape index (κ1) is 60.1. The Labute approximate surface area is 313 Å². The van der Waals surface area contributed by atoms with Crippen LogP contribution in [0.1, 0.15) is 267 Å². The lowest BCUT2D eigenvalue weighted by molar-refractivity contribution is 0.407. The van der Waals surface area contributed by atoms with Crippen LogP contribution in [-0.4, -0.2) is 0 Å². The Morgan fingerprint density at radius 1 is 0.417 bits per heavy atom. The molecular formula is C48H108. The molecule has 0 radical (unpaired) electrons. The molecule has 0 aromatic heterocycles. The van der Waals surface area contributed by atoms with E-state index in [2.05, 4.69) is 138 Å². The summed E-state index contributed by atoms with van der Waals surface area (Å²) in [5.74, 6) is 7.32. The van der Waals surface area contributed by atoms with Gasteiger partial charge in [-0.2, -0.15) is 0 Å². The smallest absolute Gasteiger partial charge is 0.0422 e. The van der Waals surface area contributed by atoms with Crippen molar-refractivity contribution in [2.75, 3.05) is 0 Å². The monoisotopic (exact) mass is 685 g/mol. The van der Waals surface area contributed by atoms with Gasteiger partial charge in [0.25, 0.3) is 0 Å². The van der Waals surface area contributed by atoms with E-state index in [0.29, 0.717) is 0 Å². The quantitative estimate of drug-likeness (QED) is 0.134. The first-order chi connectivity index (χ1) is 22.5. The fourth-order valence-corrected chi connectivity index (χ4v) is 5.14. The fraction of sp³-hybridized carbons (Fsp3) is 1.00. The Bertz CT molecular complexity index is 442. The van der Waals surface area contributed by atoms with E-state index in [-0.39, 0.29) is 0 Å². The highest BCUT2D eigenvalue weighted by Crippen LogP contribution is 2.23. The molecule has 1 saturated carbocycles. The summed E-state index contributed by atoms with van der Waals surface area (Å²) in [5.41, 5.74) is 0. The zero-order chi connectivity index (χ0) is 38.8. The van der Waals surface area contributed by atoms with Crippen molar-refractivity contribution in [1.29, 1.82) is 0 Å². The zero-order valence-electron chi connectivity index (χ0n) is 38.8. The molecule has 0 saturated heterocycles. The number of hydrogen-bond acceptors (Lipinski definition) is 0. The van der Waals surface area contributed by atoms with E-state index < -0.39 is 0 Å². The Kier molecular flexibility index (Phi) is 64.3. The molecule has 0 heterocycles. The predicted molar refractivity (Wildman–Crippen MR) is 234 cm³/mol. The Hall–Kier alpha value is 0. The van der Waals surface area contributed by atoms with E-state index in [1.807, 2.05) is 0 Å².